The van der Waals surface area contributed by atoms with Crippen LogP contribution in [-0.4, -0.2) is 36.0 Å². The van der Waals surface area contributed by atoms with Gasteiger partial charge in [-0.1, -0.05) is 19.1 Å². The summed E-state index contributed by atoms with van der Waals surface area (Å²) in [6.07, 6.45) is 11.0. The van der Waals surface area contributed by atoms with Crippen molar-refractivity contribution in [3.05, 3.63) is 12.2 Å². The second-order valence-corrected chi connectivity index (χ2v) is 5.12. The van der Waals surface area contributed by atoms with Crippen LogP contribution >= 0.6 is 0 Å². The monoisotopic (exact) mass is 236 g/mol. The lowest BCUT2D eigenvalue weighted by Crippen LogP contribution is -2.54. The molecular weight excluding hydrogens is 212 g/mol. The molecule has 0 aromatic carbocycles. The average Bonchev–Trinajstić information content (AvgIpc) is 2.39. The van der Waals surface area contributed by atoms with Crippen LogP contribution < -0.4 is 5.32 Å². The third kappa shape index (κ3) is 3.09. The molecular formula is C14H24N2O. The minimum atomic E-state index is 0.0783. The first-order chi connectivity index (χ1) is 8.33. The molecule has 1 aliphatic heterocycles. The van der Waals surface area contributed by atoms with Gasteiger partial charge in [-0.05, 0) is 45.1 Å². The minimum absolute atomic E-state index is 0.0783. The summed E-state index contributed by atoms with van der Waals surface area (Å²) in [5.74, 6) is 0.338. The zero-order valence-electron chi connectivity index (χ0n) is 10.8. The van der Waals surface area contributed by atoms with Crippen LogP contribution in [0.25, 0.3) is 0 Å². The van der Waals surface area contributed by atoms with E-state index in [-0.39, 0.29) is 6.04 Å². The maximum absolute atomic E-state index is 12.4. The van der Waals surface area contributed by atoms with Crippen molar-refractivity contribution in [3.8, 4) is 0 Å². The number of hydrogen-bond acceptors (Lipinski definition) is 2. The first-order valence-corrected chi connectivity index (χ1v) is 7.01. The second kappa shape index (κ2) is 6.20. The molecule has 1 amide bonds. The van der Waals surface area contributed by atoms with E-state index in [2.05, 4.69) is 29.3 Å². The molecule has 1 aliphatic carbocycles. The number of allylic oxidation sites excluding steroid dienone is 1. The number of nitrogens with one attached hydrogen (secondary N) is 1. The van der Waals surface area contributed by atoms with E-state index < -0.39 is 0 Å². The number of nitrogens with zero attached hydrogens (tertiary/aromatic N) is 1. The van der Waals surface area contributed by atoms with Gasteiger partial charge in [0.1, 0.15) is 0 Å². The Hall–Kier alpha value is -0.830. The Morgan fingerprint density at radius 1 is 1.41 bits per heavy atom. The van der Waals surface area contributed by atoms with Crippen LogP contribution in [0.5, 0.6) is 0 Å². The van der Waals surface area contributed by atoms with Crippen molar-refractivity contribution >= 4 is 5.91 Å². The number of piperidine rings is 1. The van der Waals surface area contributed by atoms with Crippen molar-refractivity contribution < 1.29 is 4.79 Å². The third-order valence-electron chi connectivity index (χ3n) is 3.80. The zero-order chi connectivity index (χ0) is 12.1. The number of likely N-dealkylation sites (tertiary alicyclic amines) is 1. The summed E-state index contributed by atoms with van der Waals surface area (Å²) >= 11 is 0. The van der Waals surface area contributed by atoms with Crippen LogP contribution in [-0.2, 0) is 4.79 Å². The molecule has 1 heterocycles. The Kier molecular flexibility index (Phi) is 4.60. The average molecular weight is 236 g/mol. The smallest absolute Gasteiger partial charge is 0.239 e. The Morgan fingerprint density at radius 3 is 3.00 bits per heavy atom. The van der Waals surface area contributed by atoms with Gasteiger partial charge in [-0.3, -0.25) is 4.79 Å². The highest BCUT2D eigenvalue weighted by Crippen LogP contribution is 2.22. The summed E-state index contributed by atoms with van der Waals surface area (Å²) in [6, 6.07) is 0.535. The van der Waals surface area contributed by atoms with Crippen LogP contribution in [0.2, 0.25) is 0 Å². The summed E-state index contributed by atoms with van der Waals surface area (Å²) in [4.78, 5) is 14.5. The van der Waals surface area contributed by atoms with Gasteiger partial charge in [0.2, 0.25) is 5.91 Å². The Labute approximate surface area is 104 Å². The molecule has 0 spiro atoms. The van der Waals surface area contributed by atoms with Gasteiger partial charge in [0, 0.05) is 12.6 Å². The lowest BCUT2D eigenvalue weighted by Gasteiger charge is -2.39. The summed E-state index contributed by atoms with van der Waals surface area (Å²) < 4.78 is 0. The molecule has 17 heavy (non-hydrogen) atoms. The predicted octanol–water partition coefficient (Wildman–Crippen LogP) is 2.09. The van der Waals surface area contributed by atoms with Gasteiger partial charge in [0.15, 0.2) is 0 Å². The third-order valence-corrected chi connectivity index (χ3v) is 3.80. The van der Waals surface area contributed by atoms with Gasteiger partial charge < -0.3 is 10.2 Å². The van der Waals surface area contributed by atoms with Crippen LogP contribution in [0.4, 0.5) is 0 Å². The van der Waals surface area contributed by atoms with Crippen LogP contribution in [0.1, 0.15) is 45.4 Å². The topological polar surface area (TPSA) is 32.3 Å². The molecule has 1 N–H and O–H groups in total. The van der Waals surface area contributed by atoms with E-state index in [0.29, 0.717) is 11.9 Å². The van der Waals surface area contributed by atoms with Gasteiger partial charge >= 0.3 is 0 Å². The number of amides is 1. The van der Waals surface area contributed by atoms with Crippen molar-refractivity contribution in [2.75, 3.05) is 13.1 Å². The summed E-state index contributed by atoms with van der Waals surface area (Å²) in [7, 11) is 0. The standard InChI is InChI=1S/C14H24N2O/c1-2-10-15-13-9-6-11-16(14(13)17)12-7-4-3-5-8-12/h3-4,12-13,15H,2,5-11H2,1H3. The van der Waals surface area contributed by atoms with E-state index >= 15 is 0 Å². The van der Waals surface area contributed by atoms with Gasteiger partial charge in [0.25, 0.3) is 0 Å². The molecule has 1 fully saturated rings. The molecule has 3 nitrogen and oxygen atoms in total. The Balaban J connectivity index is 1.93. The van der Waals surface area contributed by atoms with Crippen molar-refractivity contribution in [1.29, 1.82) is 0 Å². The molecule has 2 unspecified atom stereocenters. The quantitative estimate of drug-likeness (QED) is 0.758. The predicted molar refractivity (Wildman–Crippen MR) is 69.8 cm³/mol. The molecule has 0 aromatic heterocycles. The number of hydrogen-bond donors (Lipinski definition) is 1. The van der Waals surface area contributed by atoms with Crippen LogP contribution in [0, 0.1) is 0 Å². The zero-order valence-corrected chi connectivity index (χ0v) is 10.8. The summed E-state index contributed by atoms with van der Waals surface area (Å²) in [5.41, 5.74) is 0. The normalized spacial score (nSPS) is 29.7. The van der Waals surface area contributed by atoms with Gasteiger partial charge in [0.05, 0.1) is 6.04 Å². The first kappa shape index (κ1) is 12.6. The maximum Gasteiger partial charge on any atom is 0.239 e. The molecule has 0 bridgehead atoms. The molecule has 3 heteroatoms. The summed E-state index contributed by atoms with van der Waals surface area (Å²) in [5, 5.41) is 3.38. The van der Waals surface area contributed by atoms with E-state index in [1.807, 2.05) is 0 Å². The second-order valence-electron chi connectivity index (χ2n) is 5.12. The number of rotatable bonds is 4. The molecule has 0 radical (unpaired) electrons. The lowest BCUT2D eigenvalue weighted by molar-refractivity contribution is -0.138. The van der Waals surface area contributed by atoms with E-state index in [4.69, 9.17) is 0 Å². The van der Waals surface area contributed by atoms with Crippen LogP contribution in [0.15, 0.2) is 12.2 Å². The molecule has 2 aliphatic rings. The Morgan fingerprint density at radius 2 is 2.29 bits per heavy atom. The molecule has 2 atom stereocenters. The van der Waals surface area contributed by atoms with Crippen molar-refractivity contribution in [1.82, 2.24) is 10.2 Å². The minimum Gasteiger partial charge on any atom is -0.338 e. The van der Waals surface area contributed by atoms with E-state index in [9.17, 15) is 4.79 Å². The van der Waals surface area contributed by atoms with E-state index in [1.54, 1.807) is 0 Å². The molecule has 2 rings (SSSR count). The SMILES string of the molecule is CCCNC1CCCN(C2CC=CCC2)C1=O. The van der Waals surface area contributed by atoms with Crippen molar-refractivity contribution in [3.63, 3.8) is 0 Å². The van der Waals surface area contributed by atoms with Gasteiger partial charge in [-0.25, -0.2) is 0 Å². The first-order valence-electron chi connectivity index (χ1n) is 7.01. The molecule has 96 valence electrons. The lowest BCUT2D eigenvalue weighted by atomic mass is 9.96. The highest BCUT2D eigenvalue weighted by molar-refractivity contribution is 5.83. The van der Waals surface area contributed by atoms with Gasteiger partial charge in [-0.2, -0.15) is 0 Å². The van der Waals surface area contributed by atoms with E-state index in [0.717, 1.165) is 51.6 Å². The molecule has 0 saturated carbocycles. The largest absolute Gasteiger partial charge is 0.338 e. The van der Waals surface area contributed by atoms with Crippen LogP contribution in [0.3, 0.4) is 0 Å². The number of carbonyl (C=O) groups excluding carboxylic acids is 1. The fraction of sp³-hybridized carbons (Fsp3) is 0.786. The highest BCUT2D eigenvalue weighted by Gasteiger charge is 2.32. The number of carbonyl (C=O) groups is 1. The van der Waals surface area contributed by atoms with Crippen molar-refractivity contribution in [2.45, 2.75) is 57.5 Å². The molecule has 0 aromatic rings. The van der Waals surface area contributed by atoms with Gasteiger partial charge in [-0.15, -0.1) is 0 Å². The summed E-state index contributed by atoms with van der Waals surface area (Å²) in [6.45, 7) is 4.06. The molecule has 1 saturated heterocycles. The van der Waals surface area contributed by atoms with E-state index in [1.165, 1.54) is 0 Å². The maximum atomic E-state index is 12.4. The Bertz CT molecular complexity index is 288. The fourth-order valence-electron chi connectivity index (χ4n) is 2.83. The fourth-order valence-corrected chi connectivity index (χ4v) is 2.83. The van der Waals surface area contributed by atoms with Crippen molar-refractivity contribution in [2.24, 2.45) is 0 Å². The highest BCUT2D eigenvalue weighted by atomic mass is 16.2.